The van der Waals surface area contributed by atoms with E-state index < -0.39 is 0 Å². The summed E-state index contributed by atoms with van der Waals surface area (Å²) in [5, 5.41) is 8.86. The van der Waals surface area contributed by atoms with Gasteiger partial charge in [-0.1, -0.05) is 12.1 Å². The number of nitrogens with zero attached hydrogens (tertiary/aromatic N) is 2. The Morgan fingerprint density at radius 2 is 2.14 bits per heavy atom. The van der Waals surface area contributed by atoms with Crippen molar-refractivity contribution >= 4 is 5.69 Å². The molecule has 14 heavy (non-hydrogen) atoms. The molecule has 1 aromatic carbocycles. The van der Waals surface area contributed by atoms with Crippen LogP contribution in [0.25, 0.3) is 5.69 Å². The predicted octanol–water partition coefficient (Wildman–Crippen LogP) is 0.947. The molecular weight excluding hydrogens is 178 g/mol. The molecule has 0 radical (unpaired) electrons. The van der Waals surface area contributed by atoms with E-state index in [1.165, 1.54) is 0 Å². The molecular formula is C10H11N3O. The Morgan fingerprint density at radius 3 is 2.79 bits per heavy atom. The second-order valence-corrected chi connectivity index (χ2v) is 2.99. The lowest BCUT2D eigenvalue weighted by Crippen LogP contribution is -1.96. The van der Waals surface area contributed by atoms with Crippen LogP contribution in [0, 0.1) is 0 Å². The number of nitrogens with two attached hydrogens (primary N) is 1. The molecule has 2 rings (SSSR count). The van der Waals surface area contributed by atoms with Crippen LogP contribution in [-0.2, 0) is 6.61 Å². The number of hydrogen-bond donors (Lipinski definition) is 2. The third kappa shape index (κ3) is 1.47. The molecule has 0 aliphatic rings. The standard InChI is InChI=1S/C10H11N3O/c11-9-3-1-2-4-10(9)13-5-8(6-14)12-7-13/h1-5,7,14H,6,11H2. The van der Waals surface area contributed by atoms with E-state index >= 15 is 0 Å². The van der Waals surface area contributed by atoms with Gasteiger partial charge in [-0.2, -0.15) is 0 Å². The van der Waals surface area contributed by atoms with E-state index in [0.717, 1.165) is 5.69 Å². The summed E-state index contributed by atoms with van der Waals surface area (Å²) < 4.78 is 1.79. The summed E-state index contributed by atoms with van der Waals surface area (Å²) in [7, 11) is 0. The van der Waals surface area contributed by atoms with Gasteiger partial charge in [0.2, 0.25) is 0 Å². The van der Waals surface area contributed by atoms with Crippen molar-refractivity contribution in [3.63, 3.8) is 0 Å². The maximum absolute atomic E-state index is 8.86. The summed E-state index contributed by atoms with van der Waals surface area (Å²) in [6.45, 7) is -0.0558. The lowest BCUT2D eigenvalue weighted by Gasteiger charge is -2.04. The quantitative estimate of drug-likeness (QED) is 0.691. The van der Waals surface area contributed by atoms with Gasteiger partial charge < -0.3 is 15.4 Å². The third-order valence-corrected chi connectivity index (χ3v) is 2.01. The number of imidazole rings is 1. The summed E-state index contributed by atoms with van der Waals surface area (Å²) in [6.07, 6.45) is 3.39. The summed E-state index contributed by atoms with van der Waals surface area (Å²) in [6, 6.07) is 7.51. The lowest BCUT2D eigenvalue weighted by atomic mass is 10.3. The Bertz CT molecular complexity index is 436. The second-order valence-electron chi connectivity index (χ2n) is 2.99. The van der Waals surface area contributed by atoms with Crippen LogP contribution >= 0.6 is 0 Å². The van der Waals surface area contributed by atoms with Gasteiger partial charge >= 0.3 is 0 Å². The maximum atomic E-state index is 8.86. The van der Waals surface area contributed by atoms with E-state index in [2.05, 4.69) is 4.98 Å². The normalized spacial score (nSPS) is 10.4. The van der Waals surface area contributed by atoms with Crippen molar-refractivity contribution < 1.29 is 5.11 Å². The fourth-order valence-electron chi connectivity index (χ4n) is 1.30. The molecule has 0 saturated carbocycles. The molecule has 4 heteroatoms. The van der Waals surface area contributed by atoms with Crippen LogP contribution in [-0.4, -0.2) is 14.7 Å². The highest BCUT2D eigenvalue weighted by molar-refractivity contribution is 5.57. The van der Waals surface area contributed by atoms with Crippen LogP contribution in [0.3, 0.4) is 0 Å². The van der Waals surface area contributed by atoms with Gasteiger partial charge in [-0.05, 0) is 12.1 Å². The molecule has 3 N–H and O–H groups in total. The van der Waals surface area contributed by atoms with Crippen molar-refractivity contribution in [1.82, 2.24) is 9.55 Å². The monoisotopic (exact) mass is 189 g/mol. The Balaban J connectivity index is 2.44. The van der Waals surface area contributed by atoms with Crippen LogP contribution in [0.15, 0.2) is 36.8 Å². The molecule has 0 spiro atoms. The van der Waals surface area contributed by atoms with E-state index in [4.69, 9.17) is 10.8 Å². The summed E-state index contributed by atoms with van der Waals surface area (Å²) >= 11 is 0. The Morgan fingerprint density at radius 1 is 1.36 bits per heavy atom. The number of aromatic nitrogens is 2. The third-order valence-electron chi connectivity index (χ3n) is 2.01. The number of rotatable bonds is 2. The SMILES string of the molecule is Nc1ccccc1-n1cnc(CO)c1. The Kier molecular flexibility index (Phi) is 2.20. The zero-order chi connectivity index (χ0) is 9.97. The first-order chi connectivity index (χ1) is 6.81. The fraction of sp³-hybridized carbons (Fsp3) is 0.100. The number of aliphatic hydroxyl groups is 1. The molecule has 1 heterocycles. The van der Waals surface area contributed by atoms with Gasteiger partial charge in [0, 0.05) is 6.20 Å². The van der Waals surface area contributed by atoms with E-state index in [0.29, 0.717) is 11.4 Å². The number of aliphatic hydroxyl groups excluding tert-OH is 1. The second kappa shape index (κ2) is 3.51. The van der Waals surface area contributed by atoms with Crippen LogP contribution in [0.4, 0.5) is 5.69 Å². The smallest absolute Gasteiger partial charge is 0.0996 e. The summed E-state index contributed by atoms with van der Waals surface area (Å²) in [4.78, 5) is 4.01. The molecule has 0 bridgehead atoms. The van der Waals surface area contributed by atoms with E-state index in [-0.39, 0.29) is 6.61 Å². The van der Waals surface area contributed by atoms with E-state index in [1.54, 1.807) is 17.1 Å². The minimum atomic E-state index is -0.0558. The summed E-state index contributed by atoms with van der Waals surface area (Å²) in [5.74, 6) is 0. The van der Waals surface area contributed by atoms with Crippen LogP contribution < -0.4 is 5.73 Å². The average molecular weight is 189 g/mol. The number of benzene rings is 1. The van der Waals surface area contributed by atoms with Gasteiger partial charge in [0.25, 0.3) is 0 Å². The van der Waals surface area contributed by atoms with Crippen molar-refractivity contribution in [2.75, 3.05) is 5.73 Å². The highest BCUT2D eigenvalue weighted by Crippen LogP contribution is 2.16. The number of nitrogen functional groups attached to an aromatic ring is 1. The minimum absolute atomic E-state index is 0.0558. The van der Waals surface area contributed by atoms with Gasteiger partial charge in [-0.25, -0.2) is 4.98 Å². The molecule has 0 aliphatic carbocycles. The molecule has 0 amide bonds. The minimum Gasteiger partial charge on any atom is -0.397 e. The average Bonchev–Trinajstić information content (AvgIpc) is 2.67. The molecule has 72 valence electrons. The highest BCUT2D eigenvalue weighted by atomic mass is 16.3. The zero-order valence-electron chi connectivity index (χ0n) is 7.59. The van der Waals surface area contributed by atoms with Crippen molar-refractivity contribution in [3.8, 4) is 5.69 Å². The molecule has 0 atom stereocenters. The van der Waals surface area contributed by atoms with Crippen LogP contribution in [0.2, 0.25) is 0 Å². The fourth-order valence-corrected chi connectivity index (χ4v) is 1.30. The number of anilines is 1. The van der Waals surface area contributed by atoms with Crippen molar-refractivity contribution in [2.24, 2.45) is 0 Å². The van der Waals surface area contributed by atoms with Crippen molar-refractivity contribution in [3.05, 3.63) is 42.5 Å². The largest absolute Gasteiger partial charge is 0.397 e. The van der Waals surface area contributed by atoms with Crippen molar-refractivity contribution in [1.29, 1.82) is 0 Å². The molecule has 0 saturated heterocycles. The molecule has 0 unspecified atom stereocenters. The topological polar surface area (TPSA) is 64.1 Å². The first kappa shape index (κ1) is 8.77. The number of hydrogen-bond acceptors (Lipinski definition) is 3. The zero-order valence-corrected chi connectivity index (χ0v) is 7.59. The van der Waals surface area contributed by atoms with E-state index in [1.807, 2.05) is 24.3 Å². The molecule has 0 fully saturated rings. The molecule has 2 aromatic rings. The molecule has 4 nitrogen and oxygen atoms in total. The Hall–Kier alpha value is -1.81. The first-order valence-electron chi connectivity index (χ1n) is 4.30. The van der Waals surface area contributed by atoms with Gasteiger partial charge in [-0.15, -0.1) is 0 Å². The maximum Gasteiger partial charge on any atom is 0.0996 e. The van der Waals surface area contributed by atoms with Crippen LogP contribution in [0.5, 0.6) is 0 Å². The highest BCUT2D eigenvalue weighted by Gasteiger charge is 2.01. The Labute approximate surface area is 81.6 Å². The van der Waals surface area contributed by atoms with Crippen LogP contribution in [0.1, 0.15) is 5.69 Å². The molecule has 1 aromatic heterocycles. The number of para-hydroxylation sites is 2. The van der Waals surface area contributed by atoms with Crippen molar-refractivity contribution in [2.45, 2.75) is 6.61 Å². The molecule has 0 aliphatic heterocycles. The predicted molar refractivity (Wildman–Crippen MR) is 53.9 cm³/mol. The van der Waals surface area contributed by atoms with Gasteiger partial charge in [0.15, 0.2) is 0 Å². The lowest BCUT2D eigenvalue weighted by molar-refractivity contribution is 0.277. The van der Waals surface area contributed by atoms with Gasteiger partial charge in [-0.3, -0.25) is 0 Å². The van der Waals surface area contributed by atoms with Gasteiger partial charge in [0.05, 0.1) is 30.0 Å². The van der Waals surface area contributed by atoms with Gasteiger partial charge in [0.1, 0.15) is 0 Å². The first-order valence-corrected chi connectivity index (χ1v) is 4.30. The van der Waals surface area contributed by atoms with E-state index in [9.17, 15) is 0 Å². The summed E-state index contributed by atoms with van der Waals surface area (Å²) in [5.41, 5.74) is 7.99.